The quantitative estimate of drug-likeness (QED) is 0.240. The molecule has 1 saturated heterocycles. The molecule has 0 aromatic heterocycles. The number of hydrogen-bond acceptors (Lipinski definition) is 5. The molecule has 164 valence electrons. The van der Waals surface area contributed by atoms with E-state index in [9.17, 15) is 9.90 Å². The summed E-state index contributed by atoms with van der Waals surface area (Å²) in [6, 6.07) is 7.42. The van der Waals surface area contributed by atoms with Crippen LogP contribution in [0.4, 0.5) is 10.5 Å². The lowest BCUT2D eigenvalue weighted by Crippen LogP contribution is -2.52. The third-order valence-corrected chi connectivity index (χ3v) is 4.18. The number of aliphatic imine (C=N–C) groups is 1. The third kappa shape index (κ3) is 8.55. The van der Waals surface area contributed by atoms with E-state index in [0.717, 1.165) is 44.4 Å². The minimum Gasteiger partial charge on any atom is -0.506 e. The van der Waals surface area contributed by atoms with E-state index < -0.39 is 11.7 Å². The summed E-state index contributed by atoms with van der Waals surface area (Å²) >= 11 is 0. The average Bonchev–Trinajstić information content (AvgIpc) is 2.63. The van der Waals surface area contributed by atoms with Crippen LogP contribution in [0.25, 0.3) is 0 Å². The fraction of sp³-hybridized carbons (Fsp3) is 0.600. The molecule has 8 nitrogen and oxygen atoms in total. The van der Waals surface area contributed by atoms with Crippen molar-refractivity contribution in [2.75, 3.05) is 50.7 Å². The van der Waals surface area contributed by atoms with E-state index in [0.29, 0.717) is 18.8 Å². The smallest absolute Gasteiger partial charge is 0.407 e. The first-order valence-corrected chi connectivity index (χ1v) is 9.83. The predicted octanol–water partition coefficient (Wildman–Crippen LogP) is 2.62. The predicted molar refractivity (Wildman–Crippen MR) is 128 cm³/mol. The molecule has 0 spiro atoms. The van der Waals surface area contributed by atoms with Gasteiger partial charge in [0.05, 0.1) is 12.2 Å². The van der Waals surface area contributed by atoms with Crippen molar-refractivity contribution in [3.63, 3.8) is 0 Å². The molecule has 1 aliphatic rings. The van der Waals surface area contributed by atoms with Gasteiger partial charge in [-0.05, 0) is 39.8 Å². The van der Waals surface area contributed by atoms with Crippen LogP contribution in [0.15, 0.2) is 29.3 Å². The maximum atomic E-state index is 11.7. The van der Waals surface area contributed by atoms with Crippen molar-refractivity contribution in [3.8, 4) is 5.75 Å². The van der Waals surface area contributed by atoms with Gasteiger partial charge >= 0.3 is 6.09 Å². The molecular formula is C20H34IN5O3. The van der Waals surface area contributed by atoms with Crippen molar-refractivity contribution >= 4 is 41.7 Å². The number of carbonyl (C=O) groups excluding carboxylic acids is 1. The second-order valence-electron chi connectivity index (χ2n) is 7.63. The van der Waals surface area contributed by atoms with Crippen molar-refractivity contribution in [1.82, 2.24) is 15.5 Å². The van der Waals surface area contributed by atoms with Gasteiger partial charge in [0.1, 0.15) is 11.4 Å². The standard InChI is InChI=1S/C20H33N5O3.HI/c1-5-21-18(22-10-11-23-19(27)28-20(2,3)4)25-14-12-24(13-15-25)16-8-6-7-9-17(16)26;/h6-9,26H,5,10-15H2,1-4H3,(H,21,22)(H,23,27);1H. The molecule has 29 heavy (non-hydrogen) atoms. The van der Waals surface area contributed by atoms with Crippen molar-refractivity contribution in [1.29, 1.82) is 0 Å². The number of nitrogens with one attached hydrogen (secondary N) is 2. The summed E-state index contributed by atoms with van der Waals surface area (Å²) in [7, 11) is 0. The highest BCUT2D eigenvalue weighted by Gasteiger charge is 2.21. The normalized spacial score (nSPS) is 14.8. The first-order chi connectivity index (χ1) is 13.3. The Morgan fingerprint density at radius 2 is 1.83 bits per heavy atom. The second kappa shape index (κ2) is 11.9. The van der Waals surface area contributed by atoms with Crippen LogP contribution in [0.5, 0.6) is 5.75 Å². The number of rotatable bonds is 5. The Balaban J connectivity index is 0.00000420. The van der Waals surface area contributed by atoms with E-state index >= 15 is 0 Å². The summed E-state index contributed by atoms with van der Waals surface area (Å²) in [6.45, 7) is 12.4. The van der Waals surface area contributed by atoms with Crippen LogP contribution in [0, 0.1) is 0 Å². The number of alkyl carbamates (subject to hydrolysis) is 1. The van der Waals surface area contributed by atoms with Gasteiger partial charge in [-0.3, -0.25) is 4.99 Å². The number of carbonyl (C=O) groups is 1. The van der Waals surface area contributed by atoms with Crippen molar-refractivity contribution < 1.29 is 14.6 Å². The lowest BCUT2D eigenvalue weighted by Gasteiger charge is -2.37. The van der Waals surface area contributed by atoms with Gasteiger partial charge in [0.25, 0.3) is 0 Å². The number of amides is 1. The van der Waals surface area contributed by atoms with Crippen LogP contribution in [-0.4, -0.2) is 73.5 Å². The maximum absolute atomic E-state index is 11.7. The van der Waals surface area contributed by atoms with Crippen LogP contribution in [0.1, 0.15) is 27.7 Å². The van der Waals surface area contributed by atoms with Gasteiger partial charge in [-0.1, -0.05) is 12.1 Å². The first kappa shape index (κ1) is 25.1. The Morgan fingerprint density at radius 1 is 1.17 bits per heavy atom. The number of ether oxygens (including phenoxy) is 1. The molecule has 1 aliphatic heterocycles. The van der Waals surface area contributed by atoms with Crippen LogP contribution in [-0.2, 0) is 4.74 Å². The van der Waals surface area contributed by atoms with E-state index in [1.165, 1.54) is 0 Å². The Bertz CT molecular complexity index is 670. The molecule has 1 aromatic carbocycles. The number of guanidine groups is 1. The molecule has 1 fully saturated rings. The van der Waals surface area contributed by atoms with Crippen molar-refractivity contribution in [2.24, 2.45) is 4.99 Å². The summed E-state index contributed by atoms with van der Waals surface area (Å²) < 4.78 is 5.22. The molecule has 0 aliphatic carbocycles. The molecule has 0 saturated carbocycles. The van der Waals surface area contributed by atoms with E-state index in [4.69, 9.17) is 4.74 Å². The Hall–Kier alpha value is -1.91. The Labute approximate surface area is 190 Å². The Morgan fingerprint density at radius 3 is 2.41 bits per heavy atom. The highest BCUT2D eigenvalue weighted by molar-refractivity contribution is 14.0. The van der Waals surface area contributed by atoms with Gasteiger partial charge in [-0.15, -0.1) is 24.0 Å². The number of benzene rings is 1. The van der Waals surface area contributed by atoms with E-state index in [2.05, 4.69) is 25.4 Å². The Kier molecular flexibility index (Phi) is 10.3. The summed E-state index contributed by atoms with van der Waals surface area (Å²) in [5.41, 5.74) is 0.362. The molecule has 9 heteroatoms. The fourth-order valence-corrected chi connectivity index (χ4v) is 2.95. The van der Waals surface area contributed by atoms with Gasteiger partial charge in [-0.25, -0.2) is 4.79 Å². The number of phenolic OH excluding ortho intramolecular Hbond substituents is 1. The maximum Gasteiger partial charge on any atom is 0.407 e. The molecular weight excluding hydrogens is 485 g/mol. The molecule has 3 N–H and O–H groups in total. The van der Waals surface area contributed by atoms with Crippen LogP contribution >= 0.6 is 24.0 Å². The van der Waals surface area contributed by atoms with Crippen LogP contribution < -0.4 is 15.5 Å². The van der Waals surface area contributed by atoms with Crippen LogP contribution in [0.2, 0.25) is 0 Å². The second-order valence-corrected chi connectivity index (χ2v) is 7.63. The SMILES string of the molecule is CCNC(=NCCNC(=O)OC(C)(C)C)N1CCN(c2ccccc2O)CC1.I. The van der Waals surface area contributed by atoms with E-state index in [1.54, 1.807) is 6.07 Å². The zero-order valence-corrected chi connectivity index (χ0v) is 20.1. The zero-order chi connectivity index (χ0) is 20.6. The molecule has 1 amide bonds. The highest BCUT2D eigenvalue weighted by Crippen LogP contribution is 2.27. The van der Waals surface area contributed by atoms with Gasteiger partial charge in [0.2, 0.25) is 0 Å². The summed E-state index contributed by atoms with van der Waals surface area (Å²) in [5, 5.41) is 16.1. The summed E-state index contributed by atoms with van der Waals surface area (Å²) in [4.78, 5) is 20.7. The molecule has 1 heterocycles. The third-order valence-electron chi connectivity index (χ3n) is 4.18. The van der Waals surface area contributed by atoms with Gasteiger partial charge < -0.3 is 30.3 Å². The minimum absolute atomic E-state index is 0. The lowest BCUT2D eigenvalue weighted by atomic mass is 10.2. The van der Waals surface area contributed by atoms with Gasteiger partial charge in [-0.2, -0.15) is 0 Å². The molecule has 1 aromatic rings. The monoisotopic (exact) mass is 519 g/mol. The van der Waals surface area contributed by atoms with Gasteiger partial charge in [0.15, 0.2) is 5.96 Å². The number of hydrogen-bond donors (Lipinski definition) is 3. The topological polar surface area (TPSA) is 89.4 Å². The summed E-state index contributed by atoms with van der Waals surface area (Å²) in [5.74, 6) is 1.15. The first-order valence-electron chi connectivity index (χ1n) is 9.83. The molecule has 0 unspecified atom stereocenters. The van der Waals surface area contributed by atoms with Crippen LogP contribution in [0.3, 0.4) is 0 Å². The van der Waals surface area contributed by atoms with E-state index in [-0.39, 0.29) is 24.0 Å². The number of aromatic hydroxyl groups is 1. The number of nitrogens with zero attached hydrogens (tertiary/aromatic N) is 3. The molecule has 0 bridgehead atoms. The number of anilines is 1. The van der Waals surface area contributed by atoms with Crippen molar-refractivity contribution in [2.45, 2.75) is 33.3 Å². The number of piperazine rings is 1. The fourth-order valence-electron chi connectivity index (χ4n) is 2.95. The number of para-hydroxylation sites is 2. The average molecular weight is 519 g/mol. The zero-order valence-electron chi connectivity index (χ0n) is 17.8. The molecule has 0 atom stereocenters. The molecule has 0 radical (unpaired) electrons. The largest absolute Gasteiger partial charge is 0.506 e. The highest BCUT2D eigenvalue weighted by atomic mass is 127. The van der Waals surface area contributed by atoms with Gasteiger partial charge in [0, 0.05) is 39.3 Å². The number of halogens is 1. The molecule has 2 rings (SSSR count). The lowest BCUT2D eigenvalue weighted by molar-refractivity contribution is 0.0529. The summed E-state index contributed by atoms with van der Waals surface area (Å²) in [6.07, 6.45) is -0.427. The van der Waals surface area contributed by atoms with Crippen molar-refractivity contribution in [3.05, 3.63) is 24.3 Å². The minimum atomic E-state index is -0.505. The van der Waals surface area contributed by atoms with E-state index in [1.807, 2.05) is 45.9 Å². The number of phenols is 1.